The highest BCUT2D eigenvalue weighted by Crippen LogP contribution is 2.33. The van der Waals surface area contributed by atoms with Gasteiger partial charge in [-0.1, -0.05) is 61.4 Å². The monoisotopic (exact) mass is 496 g/mol. The van der Waals surface area contributed by atoms with Crippen LogP contribution in [-0.4, -0.2) is 27.0 Å². The number of hydrogen-bond acceptors (Lipinski definition) is 5. The van der Waals surface area contributed by atoms with E-state index in [9.17, 15) is 13.2 Å². The Morgan fingerprint density at radius 2 is 1.56 bits per heavy atom. The normalized spacial score (nSPS) is 14.5. The van der Waals surface area contributed by atoms with Gasteiger partial charge in [-0.05, 0) is 61.4 Å². The van der Waals surface area contributed by atoms with Crippen LogP contribution in [0.2, 0.25) is 0 Å². The summed E-state index contributed by atoms with van der Waals surface area (Å²) in [4.78, 5) is 14.7. The van der Waals surface area contributed by atoms with E-state index in [0.717, 1.165) is 41.9 Å². The van der Waals surface area contributed by atoms with Gasteiger partial charge in [0, 0.05) is 15.8 Å². The maximum absolute atomic E-state index is 12.6. The third-order valence-corrected chi connectivity index (χ3v) is 8.18. The Hall–Kier alpha value is -2.81. The average molecular weight is 497 g/mol. The highest BCUT2D eigenvalue weighted by Gasteiger charge is 2.21. The van der Waals surface area contributed by atoms with Gasteiger partial charge in [-0.15, -0.1) is 0 Å². The summed E-state index contributed by atoms with van der Waals surface area (Å²) in [6.45, 7) is -0.184. The summed E-state index contributed by atoms with van der Waals surface area (Å²) >= 11 is 1.57. The van der Waals surface area contributed by atoms with Crippen molar-refractivity contribution in [3.05, 3.63) is 78.9 Å². The fourth-order valence-corrected chi connectivity index (χ4v) is 6.06. The molecular weight excluding hydrogens is 468 g/mol. The van der Waals surface area contributed by atoms with Crippen LogP contribution in [0.15, 0.2) is 93.5 Å². The Labute approximate surface area is 205 Å². The smallest absolute Gasteiger partial charge is 0.262 e. The molecule has 0 unspecified atom stereocenters. The summed E-state index contributed by atoms with van der Waals surface area (Å²) in [7, 11) is -3.57. The molecule has 6 nitrogen and oxygen atoms in total. The van der Waals surface area contributed by atoms with Crippen LogP contribution >= 0.6 is 11.8 Å². The lowest BCUT2D eigenvalue weighted by atomic mass is 9.96. The first kappa shape index (κ1) is 24.3. The molecule has 8 heteroatoms. The van der Waals surface area contributed by atoms with Gasteiger partial charge in [-0.2, -0.15) is 0 Å². The van der Waals surface area contributed by atoms with Crippen molar-refractivity contribution in [2.45, 2.75) is 52.8 Å². The Balaban J connectivity index is 1.31. The summed E-state index contributed by atoms with van der Waals surface area (Å²) < 4.78 is 33.6. The topological polar surface area (TPSA) is 84.5 Å². The van der Waals surface area contributed by atoms with E-state index in [0.29, 0.717) is 11.4 Å². The van der Waals surface area contributed by atoms with Gasteiger partial charge in [0.05, 0.1) is 10.6 Å². The molecule has 4 rings (SSSR count). The van der Waals surface area contributed by atoms with Crippen molar-refractivity contribution in [2.75, 3.05) is 11.9 Å². The molecule has 0 atom stereocenters. The highest BCUT2D eigenvalue weighted by molar-refractivity contribution is 7.99. The number of ether oxygens (including phenoxy) is 1. The summed E-state index contributed by atoms with van der Waals surface area (Å²) in [6.07, 6.45) is 5.02. The highest BCUT2D eigenvalue weighted by atomic mass is 32.2. The second kappa shape index (κ2) is 11.6. The lowest BCUT2D eigenvalue weighted by Gasteiger charge is -2.22. The van der Waals surface area contributed by atoms with E-state index in [1.165, 1.54) is 12.1 Å². The first-order valence-electron chi connectivity index (χ1n) is 11.4. The van der Waals surface area contributed by atoms with Crippen LogP contribution in [0.5, 0.6) is 5.75 Å². The SMILES string of the molecule is O=C(COc1ccc(S(=O)(=O)NC2CCCCC2)cc1)Nc1ccccc1Sc1ccccc1. The van der Waals surface area contributed by atoms with E-state index in [2.05, 4.69) is 10.0 Å². The lowest BCUT2D eigenvalue weighted by Crippen LogP contribution is -2.36. The molecule has 0 heterocycles. The number of para-hydroxylation sites is 1. The Morgan fingerprint density at radius 1 is 0.882 bits per heavy atom. The van der Waals surface area contributed by atoms with Crippen molar-refractivity contribution >= 4 is 33.4 Å². The molecule has 0 aromatic heterocycles. The second-order valence-corrected chi connectivity index (χ2v) is 11.0. The standard InChI is InChI=1S/C26H28N2O4S2/c29-26(27-24-13-7-8-14-25(24)33-22-11-5-2-6-12-22)19-32-21-15-17-23(18-16-21)34(30,31)28-20-9-3-1-4-10-20/h2,5-8,11-18,20,28H,1,3-4,9-10,19H2,(H,27,29). The third-order valence-electron chi connectivity index (χ3n) is 5.56. The van der Waals surface area contributed by atoms with E-state index < -0.39 is 10.0 Å². The Morgan fingerprint density at radius 3 is 2.29 bits per heavy atom. The molecule has 0 saturated heterocycles. The van der Waals surface area contributed by atoms with E-state index in [4.69, 9.17) is 4.74 Å². The van der Waals surface area contributed by atoms with Crippen molar-refractivity contribution in [3.63, 3.8) is 0 Å². The quantitative estimate of drug-likeness (QED) is 0.411. The molecule has 1 fully saturated rings. The first-order chi connectivity index (χ1) is 16.5. The molecule has 1 aliphatic rings. The first-order valence-corrected chi connectivity index (χ1v) is 13.7. The van der Waals surface area contributed by atoms with Gasteiger partial charge in [0.2, 0.25) is 10.0 Å². The minimum absolute atomic E-state index is 0.00121. The van der Waals surface area contributed by atoms with Gasteiger partial charge in [0.25, 0.3) is 5.91 Å². The predicted octanol–water partition coefficient (Wildman–Crippen LogP) is 5.47. The number of rotatable bonds is 9. The van der Waals surface area contributed by atoms with Crippen LogP contribution in [0.25, 0.3) is 0 Å². The number of nitrogens with one attached hydrogen (secondary N) is 2. The van der Waals surface area contributed by atoms with E-state index in [1.54, 1.807) is 23.9 Å². The third kappa shape index (κ3) is 6.85. The van der Waals surface area contributed by atoms with Crippen LogP contribution in [-0.2, 0) is 14.8 Å². The molecular formula is C26H28N2O4S2. The molecule has 0 bridgehead atoms. The maximum Gasteiger partial charge on any atom is 0.262 e. The van der Waals surface area contributed by atoms with Crippen molar-refractivity contribution in [3.8, 4) is 5.75 Å². The van der Waals surface area contributed by atoms with Crippen molar-refractivity contribution in [1.82, 2.24) is 4.72 Å². The maximum atomic E-state index is 12.6. The zero-order valence-corrected chi connectivity index (χ0v) is 20.4. The number of sulfonamides is 1. The predicted molar refractivity (Wildman–Crippen MR) is 135 cm³/mol. The summed E-state index contributed by atoms with van der Waals surface area (Å²) in [6, 6.07) is 23.7. The summed E-state index contributed by atoms with van der Waals surface area (Å²) in [5.41, 5.74) is 0.709. The van der Waals surface area contributed by atoms with Gasteiger partial charge < -0.3 is 10.1 Å². The fraction of sp³-hybridized carbons (Fsp3) is 0.269. The van der Waals surface area contributed by atoms with Crippen LogP contribution in [0.1, 0.15) is 32.1 Å². The number of benzene rings is 3. The van der Waals surface area contributed by atoms with Crippen LogP contribution in [0, 0.1) is 0 Å². The molecule has 0 radical (unpaired) electrons. The lowest BCUT2D eigenvalue weighted by molar-refractivity contribution is -0.118. The Kier molecular flexibility index (Phi) is 8.26. The van der Waals surface area contributed by atoms with Gasteiger partial charge in [0.15, 0.2) is 6.61 Å². The molecule has 1 amide bonds. The molecule has 34 heavy (non-hydrogen) atoms. The number of carbonyl (C=O) groups excluding carboxylic acids is 1. The molecule has 0 aliphatic heterocycles. The zero-order chi connectivity index (χ0) is 23.8. The summed E-state index contributed by atoms with van der Waals surface area (Å²) in [5, 5.41) is 2.89. The number of amides is 1. The molecule has 1 aliphatic carbocycles. The van der Waals surface area contributed by atoms with Crippen molar-refractivity contribution in [1.29, 1.82) is 0 Å². The fourth-order valence-electron chi connectivity index (χ4n) is 3.83. The van der Waals surface area contributed by atoms with E-state index in [-0.39, 0.29) is 23.5 Å². The number of anilines is 1. The van der Waals surface area contributed by atoms with Crippen LogP contribution < -0.4 is 14.8 Å². The van der Waals surface area contributed by atoms with Gasteiger partial charge in [0.1, 0.15) is 5.75 Å². The number of carbonyl (C=O) groups is 1. The van der Waals surface area contributed by atoms with Gasteiger partial charge in [-0.25, -0.2) is 13.1 Å². The minimum Gasteiger partial charge on any atom is -0.484 e. The largest absolute Gasteiger partial charge is 0.484 e. The molecule has 1 saturated carbocycles. The molecule has 3 aromatic carbocycles. The van der Waals surface area contributed by atoms with Crippen molar-refractivity contribution < 1.29 is 17.9 Å². The molecule has 3 aromatic rings. The van der Waals surface area contributed by atoms with E-state index in [1.807, 2.05) is 54.6 Å². The molecule has 0 spiro atoms. The zero-order valence-electron chi connectivity index (χ0n) is 18.8. The van der Waals surface area contributed by atoms with Crippen molar-refractivity contribution in [2.24, 2.45) is 0 Å². The average Bonchev–Trinajstić information content (AvgIpc) is 2.85. The van der Waals surface area contributed by atoms with Gasteiger partial charge in [-0.3, -0.25) is 4.79 Å². The Bertz CT molecular complexity index is 1190. The molecule has 178 valence electrons. The second-order valence-electron chi connectivity index (χ2n) is 8.18. The van der Waals surface area contributed by atoms with Crippen LogP contribution in [0.4, 0.5) is 5.69 Å². The van der Waals surface area contributed by atoms with Crippen LogP contribution in [0.3, 0.4) is 0 Å². The minimum atomic E-state index is -3.57. The van der Waals surface area contributed by atoms with Gasteiger partial charge >= 0.3 is 0 Å². The van der Waals surface area contributed by atoms with E-state index >= 15 is 0 Å². The molecule has 2 N–H and O–H groups in total. The summed E-state index contributed by atoms with van der Waals surface area (Å²) in [5.74, 6) is 0.135. The number of hydrogen-bond donors (Lipinski definition) is 2.